The normalized spacial score (nSPS) is 18.6. The Balaban J connectivity index is 0.000000923. The summed E-state index contributed by atoms with van der Waals surface area (Å²) in [6.45, 7) is 0.152. The number of benzene rings is 3. The van der Waals surface area contributed by atoms with E-state index in [0.29, 0.717) is 37.8 Å². The molecule has 1 aliphatic heterocycles. The van der Waals surface area contributed by atoms with Crippen LogP contribution in [0.15, 0.2) is 88.9 Å². The number of carboxylic acid groups (broad SMARTS) is 2. The Morgan fingerprint density at radius 3 is 1.68 bits per heavy atom. The fourth-order valence-corrected chi connectivity index (χ4v) is 5.82. The third-order valence-electron chi connectivity index (χ3n) is 9.00. The average Bonchev–Trinajstić information content (AvgIpc) is 3.23. The van der Waals surface area contributed by atoms with Crippen molar-refractivity contribution in [3.8, 4) is 5.75 Å². The van der Waals surface area contributed by atoms with Crippen molar-refractivity contribution in [3.05, 3.63) is 90.0 Å². The van der Waals surface area contributed by atoms with Crippen molar-refractivity contribution >= 4 is 58.3 Å². The number of guanidine groups is 2. The van der Waals surface area contributed by atoms with Crippen molar-refractivity contribution in [3.63, 3.8) is 0 Å². The Morgan fingerprint density at radius 2 is 1.14 bits per heavy atom. The van der Waals surface area contributed by atoms with Crippen LogP contribution in [-0.2, 0) is 41.6 Å². The third kappa shape index (κ3) is 21.2. The lowest BCUT2D eigenvalue weighted by Gasteiger charge is -2.22. The zero-order valence-electron chi connectivity index (χ0n) is 34.9. The van der Waals surface area contributed by atoms with Crippen LogP contribution >= 0.6 is 0 Å². The first-order valence-electron chi connectivity index (χ1n) is 19.7. The second-order valence-corrected chi connectivity index (χ2v) is 14.3. The number of carbonyl (C=O) groups excluding carboxylic acids is 4. The highest BCUT2D eigenvalue weighted by Gasteiger charge is 2.39. The number of phenolic OH excluding ortho intramolecular Hbond substituents is 1. The van der Waals surface area contributed by atoms with Gasteiger partial charge in [-0.05, 0) is 59.7 Å². The molecule has 1 aliphatic rings. The summed E-state index contributed by atoms with van der Waals surface area (Å²) in [6.07, 6.45) is -4.77. The number of carbonyl (C=O) groups is 6. The van der Waals surface area contributed by atoms with Gasteiger partial charge in [-0.3, -0.25) is 29.2 Å². The summed E-state index contributed by atoms with van der Waals surface area (Å²) in [5, 5.41) is 37.3. The van der Waals surface area contributed by atoms with Crippen LogP contribution in [0.2, 0.25) is 0 Å². The van der Waals surface area contributed by atoms with Crippen LogP contribution in [0.1, 0.15) is 36.8 Å². The van der Waals surface area contributed by atoms with Crippen LogP contribution in [-0.4, -0.2) is 113 Å². The number of aromatic hydroxyl groups is 1. The molecule has 3 aromatic rings. The van der Waals surface area contributed by atoms with Crippen LogP contribution in [0, 0.1) is 5.92 Å². The minimum Gasteiger partial charge on any atom is -0.508 e. The number of fused-ring (bicyclic) bond motifs is 1. The Labute approximate surface area is 372 Å². The molecule has 0 aromatic heterocycles. The zero-order chi connectivity index (χ0) is 49.6. The number of aliphatic carboxylic acids is 2. The molecule has 3 aromatic carbocycles. The quantitative estimate of drug-likeness (QED) is 0.0403. The molecule has 0 aliphatic carbocycles. The van der Waals surface area contributed by atoms with E-state index in [-0.39, 0.29) is 37.1 Å². The Morgan fingerprint density at radius 1 is 0.636 bits per heavy atom. The molecule has 0 fully saturated rings. The van der Waals surface area contributed by atoms with Crippen LogP contribution in [0.25, 0.3) is 10.8 Å². The number of carboxylic acids is 2. The molecule has 15 N–H and O–H groups in total. The number of rotatable bonds is 12. The van der Waals surface area contributed by atoms with Gasteiger partial charge in [0, 0.05) is 32.0 Å². The highest BCUT2D eigenvalue weighted by Crippen LogP contribution is 2.19. The summed E-state index contributed by atoms with van der Waals surface area (Å²) < 4.78 is 63.5. The van der Waals surface area contributed by atoms with Gasteiger partial charge in [-0.1, -0.05) is 66.7 Å². The summed E-state index contributed by atoms with van der Waals surface area (Å²) in [6, 6.07) is 17.3. The highest BCUT2D eigenvalue weighted by molar-refractivity contribution is 5.94. The minimum absolute atomic E-state index is 0.0576. The van der Waals surface area contributed by atoms with Crippen LogP contribution in [0.3, 0.4) is 0 Å². The number of hydrogen-bond acceptors (Lipinski definition) is 9. The average molecular weight is 941 g/mol. The molecular weight excluding hydrogens is 891 g/mol. The van der Waals surface area contributed by atoms with E-state index in [0.717, 1.165) is 16.3 Å². The van der Waals surface area contributed by atoms with Crippen LogP contribution < -0.4 is 44.2 Å². The topological polar surface area (TPSA) is 340 Å². The van der Waals surface area contributed by atoms with E-state index in [2.05, 4.69) is 31.3 Å². The molecule has 0 radical (unpaired) electrons. The molecule has 4 atom stereocenters. The molecule has 1 heterocycles. The molecule has 4 rings (SSSR count). The summed E-state index contributed by atoms with van der Waals surface area (Å²) >= 11 is 0. The number of hydrogen-bond donors (Lipinski definition) is 11. The number of aliphatic imine (C=N–C) groups is 2. The van der Waals surface area contributed by atoms with Gasteiger partial charge >= 0.3 is 24.3 Å². The smallest absolute Gasteiger partial charge is 0.490 e. The first kappa shape index (κ1) is 54.5. The Kier molecular flexibility index (Phi) is 21.7. The second-order valence-electron chi connectivity index (χ2n) is 14.3. The largest absolute Gasteiger partial charge is 0.508 e. The van der Waals surface area contributed by atoms with Gasteiger partial charge < -0.3 is 59.5 Å². The van der Waals surface area contributed by atoms with Crippen molar-refractivity contribution in [2.45, 2.75) is 69.0 Å². The van der Waals surface area contributed by atoms with E-state index >= 15 is 0 Å². The molecule has 0 saturated carbocycles. The van der Waals surface area contributed by atoms with Crippen molar-refractivity contribution < 1.29 is 70.4 Å². The van der Waals surface area contributed by atoms with E-state index in [4.69, 9.17) is 42.7 Å². The molecule has 0 bridgehead atoms. The van der Waals surface area contributed by atoms with E-state index in [1.54, 1.807) is 24.3 Å². The SMILES string of the molecule is NC(N)=NCCC[C@H]1/C=C/[C@@H](CCCN=C(N)N)C(=O)N[C@@H](Cc2ccc3ccccc3c2)C(=O)NCC(=O)N[C@H](Cc2ccc(O)cc2)C(=O)N1.O=C(O)C(F)(F)F.O=C(O)C(F)(F)F. The lowest BCUT2D eigenvalue weighted by molar-refractivity contribution is -0.193. The van der Waals surface area contributed by atoms with E-state index in [9.17, 15) is 50.6 Å². The van der Waals surface area contributed by atoms with Gasteiger partial charge in [0.25, 0.3) is 0 Å². The van der Waals surface area contributed by atoms with Crippen molar-refractivity contribution in [1.82, 2.24) is 21.3 Å². The fraction of sp³-hybridized carbons (Fsp3) is 0.366. The fourth-order valence-electron chi connectivity index (χ4n) is 5.82. The first-order chi connectivity index (χ1) is 30.8. The maximum Gasteiger partial charge on any atom is 0.490 e. The van der Waals surface area contributed by atoms with Gasteiger partial charge in [-0.2, -0.15) is 26.3 Å². The Bertz CT molecular complexity index is 2190. The van der Waals surface area contributed by atoms with Crippen LogP contribution in [0.5, 0.6) is 5.75 Å². The van der Waals surface area contributed by atoms with E-state index in [1.807, 2.05) is 42.5 Å². The van der Waals surface area contributed by atoms with Crippen LogP contribution in [0.4, 0.5) is 26.3 Å². The number of halogens is 6. The van der Waals surface area contributed by atoms with Gasteiger partial charge in [0.05, 0.1) is 12.5 Å². The summed E-state index contributed by atoms with van der Waals surface area (Å²) in [7, 11) is 0. The predicted molar refractivity (Wildman–Crippen MR) is 228 cm³/mol. The zero-order valence-corrected chi connectivity index (χ0v) is 34.9. The minimum atomic E-state index is -5.08. The maximum absolute atomic E-state index is 13.9. The van der Waals surface area contributed by atoms with Gasteiger partial charge in [0.15, 0.2) is 11.9 Å². The summed E-state index contributed by atoms with van der Waals surface area (Å²) in [5.74, 6) is -8.38. The lowest BCUT2D eigenvalue weighted by atomic mass is 9.97. The molecule has 66 heavy (non-hydrogen) atoms. The molecule has 0 saturated heterocycles. The second kappa shape index (κ2) is 26.3. The van der Waals surface area contributed by atoms with Crippen molar-refractivity contribution in [2.75, 3.05) is 19.6 Å². The number of nitrogens with zero attached hydrogens (tertiary/aromatic N) is 2. The standard InChI is InChI=1S/C37H48N10O5.2C2HF3O2/c38-36(39)42-17-3-7-26-13-14-28(8-4-18-43-37(40)41)45-35(52)31(20-23-10-15-29(48)16-11-23)46-32(49)22-44-34(51)30(47-33(26)50)21-24-9-12-25-5-1-2-6-27(25)19-24;2*3-2(4,5)1(6)7/h1-2,5-6,9-16,19,26,28,30-31,48H,3-4,7-8,17-18,20-22H2,(H,44,51)(H,45,52)(H,46,49)(H,47,50)(H4,38,39,42)(H4,40,41,43);2*(H,6,7)/b14-13+;;/t26-,28+,30+,31-;;/m1../s1. The lowest BCUT2D eigenvalue weighted by Crippen LogP contribution is -2.54. The number of nitrogens with two attached hydrogens (primary N) is 4. The summed E-state index contributed by atoms with van der Waals surface area (Å²) in [5.41, 5.74) is 23.5. The first-order valence-corrected chi connectivity index (χ1v) is 19.7. The number of nitrogens with one attached hydrogen (secondary N) is 4. The van der Waals surface area contributed by atoms with Gasteiger partial charge in [0.1, 0.15) is 17.8 Å². The molecule has 19 nitrogen and oxygen atoms in total. The maximum atomic E-state index is 13.9. The summed E-state index contributed by atoms with van der Waals surface area (Å²) in [4.78, 5) is 80.5. The molecule has 0 unspecified atom stereocenters. The number of amides is 4. The third-order valence-corrected chi connectivity index (χ3v) is 9.00. The van der Waals surface area contributed by atoms with Crippen molar-refractivity contribution in [2.24, 2.45) is 38.8 Å². The van der Waals surface area contributed by atoms with E-state index < -0.39 is 78.5 Å². The number of phenols is 1. The van der Waals surface area contributed by atoms with Gasteiger partial charge in [-0.25, -0.2) is 9.59 Å². The Hall–Kier alpha value is -7.60. The van der Waals surface area contributed by atoms with Crippen molar-refractivity contribution in [1.29, 1.82) is 0 Å². The highest BCUT2D eigenvalue weighted by atomic mass is 19.4. The monoisotopic (exact) mass is 940 g/mol. The molecule has 360 valence electrons. The van der Waals surface area contributed by atoms with Gasteiger partial charge in [-0.15, -0.1) is 0 Å². The molecule has 25 heteroatoms. The van der Waals surface area contributed by atoms with E-state index in [1.165, 1.54) is 12.1 Å². The predicted octanol–water partition coefficient (Wildman–Crippen LogP) is 1.46. The molecule has 0 spiro atoms. The molecular formula is C41H50F6N10O9. The van der Waals surface area contributed by atoms with Gasteiger partial charge in [0.2, 0.25) is 23.6 Å². The molecule has 4 amide bonds. The number of alkyl halides is 6.